The number of hydrogen-bond acceptors (Lipinski definition) is 4. The molecule has 104 valence electrons. The van der Waals surface area contributed by atoms with E-state index in [9.17, 15) is 13.2 Å². The molecule has 2 aromatic rings. The van der Waals surface area contributed by atoms with Crippen LogP contribution in [0.25, 0.3) is 0 Å². The summed E-state index contributed by atoms with van der Waals surface area (Å²) in [5, 5.41) is 10.6. The van der Waals surface area contributed by atoms with E-state index in [2.05, 4.69) is 4.98 Å². The van der Waals surface area contributed by atoms with Gasteiger partial charge >= 0.3 is 6.18 Å². The maximum atomic E-state index is 12.9. The molecular formula is C13H10F3N3S. The minimum absolute atomic E-state index is 0.372. The second-order valence-electron chi connectivity index (χ2n) is 4.18. The molecule has 0 aliphatic carbocycles. The van der Waals surface area contributed by atoms with Crippen LogP contribution >= 0.6 is 11.3 Å². The number of nitriles is 1. The molecule has 2 rings (SSSR count). The summed E-state index contributed by atoms with van der Waals surface area (Å²) in [6.45, 7) is 0.409. The molecule has 0 radical (unpaired) electrons. The van der Waals surface area contributed by atoms with Gasteiger partial charge in [0.2, 0.25) is 0 Å². The Morgan fingerprint density at radius 2 is 2.15 bits per heavy atom. The quantitative estimate of drug-likeness (QED) is 0.868. The van der Waals surface area contributed by atoms with Gasteiger partial charge in [0.1, 0.15) is 0 Å². The number of anilines is 1. The van der Waals surface area contributed by atoms with Crippen molar-refractivity contribution in [3.63, 3.8) is 0 Å². The zero-order valence-corrected chi connectivity index (χ0v) is 11.3. The van der Waals surface area contributed by atoms with E-state index in [1.165, 1.54) is 23.5 Å². The van der Waals surface area contributed by atoms with E-state index in [0.29, 0.717) is 12.2 Å². The fourth-order valence-corrected chi connectivity index (χ4v) is 2.30. The third kappa shape index (κ3) is 3.08. The van der Waals surface area contributed by atoms with Crippen molar-refractivity contribution in [2.24, 2.45) is 0 Å². The average molecular weight is 297 g/mol. The van der Waals surface area contributed by atoms with Crippen LogP contribution in [-0.4, -0.2) is 12.0 Å². The fraction of sp³-hybridized carbons (Fsp3) is 0.231. The Morgan fingerprint density at radius 1 is 1.40 bits per heavy atom. The van der Waals surface area contributed by atoms with Crippen LogP contribution < -0.4 is 4.90 Å². The van der Waals surface area contributed by atoms with Crippen molar-refractivity contribution in [3.05, 3.63) is 45.9 Å². The molecule has 0 atom stereocenters. The van der Waals surface area contributed by atoms with Gasteiger partial charge in [0.15, 0.2) is 0 Å². The molecule has 0 aliphatic rings. The van der Waals surface area contributed by atoms with Crippen LogP contribution in [0.1, 0.15) is 16.8 Å². The van der Waals surface area contributed by atoms with E-state index in [1.54, 1.807) is 23.5 Å². The molecule has 0 spiro atoms. The lowest BCUT2D eigenvalue weighted by molar-refractivity contribution is -0.137. The Kier molecular flexibility index (Phi) is 3.95. The van der Waals surface area contributed by atoms with Crippen LogP contribution in [0.4, 0.5) is 18.9 Å². The Morgan fingerprint density at radius 3 is 2.70 bits per heavy atom. The third-order valence-corrected chi connectivity index (χ3v) is 3.39. The van der Waals surface area contributed by atoms with E-state index in [-0.39, 0.29) is 5.56 Å². The first kappa shape index (κ1) is 14.3. The van der Waals surface area contributed by atoms with E-state index >= 15 is 0 Å². The lowest BCUT2D eigenvalue weighted by Crippen LogP contribution is -2.18. The lowest BCUT2D eigenvalue weighted by Gasteiger charge is -2.20. The summed E-state index contributed by atoms with van der Waals surface area (Å²) in [7, 11) is 1.68. The van der Waals surface area contributed by atoms with E-state index in [4.69, 9.17) is 5.26 Å². The van der Waals surface area contributed by atoms with Gasteiger partial charge in [-0.15, -0.1) is 11.3 Å². The maximum absolute atomic E-state index is 12.9. The normalized spacial score (nSPS) is 11.2. The molecule has 0 N–H and O–H groups in total. The number of thiazole rings is 1. The topological polar surface area (TPSA) is 39.9 Å². The highest BCUT2D eigenvalue weighted by atomic mass is 32.1. The molecule has 7 heteroatoms. The van der Waals surface area contributed by atoms with Crippen molar-refractivity contribution in [2.45, 2.75) is 12.7 Å². The van der Waals surface area contributed by atoms with Crippen LogP contribution in [-0.2, 0) is 12.7 Å². The van der Waals surface area contributed by atoms with E-state index < -0.39 is 11.7 Å². The SMILES string of the molecule is CN(Cc1cscn1)c1ccc(C#N)c(C(F)(F)F)c1. The average Bonchev–Trinajstić information content (AvgIpc) is 2.89. The maximum Gasteiger partial charge on any atom is 0.417 e. The minimum atomic E-state index is -4.54. The van der Waals surface area contributed by atoms with Crippen LogP contribution in [0.5, 0.6) is 0 Å². The second kappa shape index (κ2) is 5.51. The van der Waals surface area contributed by atoms with E-state index in [1.807, 2.05) is 5.38 Å². The van der Waals surface area contributed by atoms with Crippen LogP contribution in [0.2, 0.25) is 0 Å². The van der Waals surface area contributed by atoms with Gasteiger partial charge in [-0.2, -0.15) is 18.4 Å². The summed E-state index contributed by atoms with van der Waals surface area (Å²) in [6.07, 6.45) is -4.54. The number of aromatic nitrogens is 1. The highest BCUT2D eigenvalue weighted by Gasteiger charge is 2.34. The molecule has 1 heterocycles. The molecule has 1 aromatic heterocycles. The second-order valence-corrected chi connectivity index (χ2v) is 4.89. The number of halogens is 3. The molecule has 0 bridgehead atoms. The predicted octanol–water partition coefficient (Wildman–Crippen LogP) is 3.67. The molecular weight excluding hydrogens is 287 g/mol. The standard InChI is InChI=1S/C13H10F3N3S/c1-19(6-10-7-20-8-18-10)11-3-2-9(5-17)12(4-11)13(14,15)16/h2-4,7-8H,6H2,1H3. The summed E-state index contributed by atoms with van der Waals surface area (Å²) in [6, 6.07) is 5.25. The molecule has 0 saturated heterocycles. The van der Waals surface area contributed by atoms with Gasteiger partial charge < -0.3 is 4.90 Å². The van der Waals surface area contributed by atoms with Gasteiger partial charge in [-0.05, 0) is 18.2 Å². The molecule has 0 fully saturated rings. The molecule has 0 aliphatic heterocycles. The summed E-state index contributed by atoms with van der Waals surface area (Å²) in [4.78, 5) is 5.75. The number of rotatable bonds is 3. The summed E-state index contributed by atoms with van der Waals surface area (Å²) < 4.78 is 38.6. The Hall–Kier alpha value is -2.07. The molecule has 0 unspecified atom stereocenters. The van der Waals surface area contributed by atoms with Crippen LogP contribution in [0.3, 0.4) is 0 Å². The molecule has 1 aromatic carbocycles. The van der Waals surface area contributed by atoms with Crippen LogP contribution in [0.15, 0.2) is 29.1 Å². The van der Waals surface area contributed by atoms with Crippen LogP contribution in [0, 0.1) is 11.3 Å². The van der Waals surface area contributed by atoms with Gasteiger partial charge in [-0.3, -0.25) is 0 Å². The number of nitrogens with zero attached hydrogens (tertiary/aromatic N) is 3. The molecule has 3 nitrogen and oxygen atoms in total. The first-order chi connectivity index (χ1) is 9.41. The minimum Gasteiger partial charge on any atom is -0.369 e. The lowest BCUT2D eigenvalue weighted by atomic mass is 10.1. The van der Waals surface area contributed by atoms with Gasteiger partial charge in [-0.1, -0.05) is 0 Å². The Bertz CT molecular complexity index is 629. The molecule has 0 amide bonds. The largest absolute Gasteiger partial charge is 0.417 e. The fourth-order valence-electron chi connectivity index (χ4n) is 1.75. The highest BCUT2D eigenvalue weighted by molar-refractivity contribution is 7.07. The number of alkyl halides is 3. The zero-order valence-electron chi connectivity index (χ0n) is 10.5. The molecule has 20 heavy (non-hydrogen) atoms. The van der Waals surface area contributed by atoms with Crippen molar-refractivity contribution in [1.82, 2.24) is 4.98 Å². The molecule has 0 saturated carbocycles. The number of hydrogen-bond donors (Lipinski definition) is 0. The van der Waals surface area contributed by atoms with Gasteiger partial charge in [0, 0.05) is 18.1 Å². The van der Waals surface area contributed by atoms with Crippen molar-refractivity contribution in [1.29, 1.82) is 5.26 Å². The van der Waals surface area contributed by atoms with Crippen molar-refractivity contribution >= 4 is 17.0 Å². The van der Waals surface area contributed by atoms with Gasteiger partial charge in [-0.25, -0.2) is 4.98 Å². The van der Waals surface area contributed by atoms with Gasteiger partial charge in [0.05, 0.1) is 34.9 Å². The number of benzene rings is 1. The third-order valence-electron chi connectivity index (χ3n) is 2.75. The van der Waals surface area contributed by atoms with Crippen molar-refractivity contribution in [2.75, 3.05) is 11.9 Å². The monoisotopic (exact) mass is 297 g/mol. The first-order valence-electron chi connectivity index (χ1n) is 5.61. The predicted molar refractivity (Wildman–Crippen MR) is 70.4 cm³/mol. The Labute approximate surface area is 117 Å². The van der Waals surface area contributed by atoms with Gasteiger partial charge in [0.25, 0.3) is 0 Å². The summed E-state index contributed by atoms with van der Waals surface area (Å²) in [5.41, 5.74) is 1.56. The Balaban J connectivity index is 2.31. The summed E-state index contributed by atoms with van der Waals surface area (Å²) >= 11 is 1.43. The smallest absolute Gasteiger partial charge is 0.369 e. The first-order valence-corrected chi connectivity index (χ1v) is 6.55. The highest BCUT2D eigenvalue weighted by Crippen LogP contribution is 2.34. The van der Waals surface area contributed by atoms with Crippen molar-refractivity contribution in [3.8, 4) is 6.07 Å². The van der Waals surface area contributed by atoms with Crippen molar-refractivity contribution < 1.29 is 13.2 Å². The zero-order chi connectivity index (χ0) is 14.8. The summed E-state index contributed by atoms with van der Waals surface area (Å²) in [5.74, 6) is 0. The van der Waals surface area contributed by atoms with E-state index in [0.717, 1.165) is 11.8 Å².